The van der Waals surface area contributed by atoms with Crippen molar-refractivity contribution in [2.45, 2.75) is 32.3 Å². The lowest BCUT2D eigenvalue weighted by Crippen LogP contribution is -2.32. The van der Waals surface area contributed by atoms with E-state index in [2.05, 4.69) is 0 Å². The van der Waals surface area contributed by atoms with Gasteiger partial charge in [0, 0.05) is 26.5 Å². The highest BCUT2D eigenvalue weighted by Gasteiger charge is 2.07. The molecule has 0 fully saturated rings. The highest BCUT2D eigenvalue weighted by molar-refractivity contribution is 5.77. The standard InChI is InChI=1S/C11H23NO3/c1-4-10(13)6-5-7-12(2)8-11(14)9-15-3/h11,14H,4-9H2,1-3H3. The molecule has 0 saturated carbocycles. The number of Topliss-reactive ketones (excluding diaryl/α,β-unsaturated/α-hetero) is 1. The minimum atomic E-state index is -0.443. The molecule has 0 spiro atoms. The Bertz CT molecular complexity index is 173. The second-order valence-electron chi connectivity index (χ2n) is 3.87. The number of aliphatic hydroxyl groups is 1. The molecule has 1 atom stereocenters. The Morgan fingerprint density at radius 2 is 2.20 bits per heavy atom. The van der Waals surface area contributed by atoms with E-state index >= 15 is 0 Å². The summed E-state index contributed by atoms with van der Waals surface area (Å²) in [5, 5.41) is 9.44. The maximum Gasteiger partial charge on any atom is 0.132 e. The van der Waals surface area contributed by atoms with Crippen molar-refractivity contribution in [3.63, 3.8) is 0 Å². The maximum atomic E-state index is 11.0. The Hall–Kier alpha value is -0.450. The van der Waals surface area contributed by atoms with E-state index in [0.29, 0.717) is 31.8 Å². The SMILES string of the molecule is CCC(=O)CCCN(C)CC(O)COC. The summed E-state index contributed by atoms with van der Waals surface area (Å²) in [6.45, 7) is 3.67. The molecule has 0 aliphatic rings. The molecule has 0 radical (unpaired) electrons. The number of ether oxygens (including phenoxy) is 1. The van der Waals surface area contributed by atoms with Crippen LogP contribution in [0.15, 0.2) is 0 Å². The monoisotopic (exact) mass is 217 g/mol. The van der Waals surface area contributed by atoms with Crippen LogP contribution in [-0.2, 0) is 9.53 Å². The van der Waals surface area contributed by atoms with Gasteiger partial charge in [-0.3, -0.25) is 4.79 Å². The van der Waals surface area contributed by atoms with Crippen molar-refractivity contribution >= 4 is 5.78 Å². The first-order valence-electron chi connectivity index (χ1n) is 5.47. The Kier molecular flexibility index (Phi) is 8.56. The number of likely N-dealkylation sites (N-methyl/N-ethyl adjacent to an activating group) is 1. The molecule has 0 amide bonds. The van der Waals surface area contributed by atoms with Gasteiger partial charge in [-0.05, 0) is 20.0 Å². The van der Waals surface area contributed by atoms with Crippen LogP contribution in [0.25, 0.3) is 0 Å². The zero-order valence-corrected chi connectivity index (χ0v) is 10.0. The molecule has 0 saturated heterocycles. The minimum Gasteiger partial charge on any atom is -0.389 e. The summed E-state index contributed by atoms with van der Waals surface area (Å²) in [6, 6.07) is 0. The third-order valence-corrected chi connectivity index (χ3v) is 2.27. The molecule has 0 bridgehead atoms. The number of hydrogen-bond donors (Lipinski definition) is 1. The Morgan fingerprint density at radius 1 is 1.53 bits per heavy atom. The fourth-order valence-electron chi connectivity index (χ4n) is 1.42. The molecular weight excluding hydrogens is 194 g/mol. The highest BCUT2D eigenvalue weighted by atomic mass is 16.5. The van der Waals surface area contributed by atoms with Crippen LogP contribution < -0.4 is 0 Å². The van der Waals surface area contributed by atoms with E-state index in [4.69, 9.17) is 4.74 Å². The number of ketones is 1. The van der Waals surface area contributed by atoms with Gasteiger partial charge in [-0.25, -0.2) is 0 Å². The van der Waals surface area contributed by atoms with Gasteiger partial charge >= 0.3 is 0 Å². The molecule has 0 rings (SSSR count). The fraction of sp³-hybridized carbons (Fsp3) is 0.909. The minimum absolute atomic E-state index is 0.306. The molecule has 0 heterocycles. The van der Waals surface area contributed by atoms with Crippen LogP contribution in [0.3, 0.4) is 0 Å². The van der Waals surface area contributed by atoms with Crippen molar-refractivity contribution in [1.29, 1.82) is 0 Å². The first kappa shape index (κ1) is 14.6. The van der Waals surface area contributed by atoms with Gasteiger partial charge in [0.25, 0.3) is 0 Å². The Labute approximate surface area is 92.2 Å². The zero-order chi connectivity index (χ0) is 11.7. The highest BCUT2D eigenvalue weighted by Crippen LogP contribution is 1.98. The molecule has 0 aliphatic heterocycles. The molecule has 90 valence electrons. The predicted molar refractivity (Wildman–Crippen MR) is 59.9 cm³/mol. The van der Waals surface area contributed by atoms with Crippen molar-refractivity contribution in [2.75, 3.05) is 33.9 Å². The molecule has 0 aromatic rings. The third kappa shape index (κ3) is 8.54. The molecule has 15 heavy (non-hydrogen) atoms. The van der Waals surface area contributed by atoms with Crippen LogP contribution in [-0.4, -0.2) is 55.7 Å². The predicted octanol–water partition coefficient (Wildman–Crippen LogP) is 0.685. The van der Waals surface area contributed by atoms with Gasteiger partial charge in [0.2, 0.25) is 0 Å². The zero-order valence-electron chi connectivity index (χ0n) is 10.0. The van der Waals surface area contributed by atoms with Gasteiger partial charge in [0.15, 0.2) is 0 Å². The summed E-state index contributed by atoms with van der Waals surface area (Å²) in [4.78, 5) is 13.1. The van der Waals surface area contributed by atoms with Crippen molar-refractivity contribution < 1.29 is 14.6 Å². The number of nitrogens with zero attached hydrogens (tertiary/aromatic N) is 1. The van der Waals surface area contributed by atoms with E-state index in [1.54, 1.807) is 7.11 Å². The Morgan fingerprint density at radius 3 is 2.73 bits per heavy atom. The molecule has 0 aromatic heterocycles. The van der Waals surface area contributed by atoms with Gasteiger partial charge in [0.05, 0.1) is 12.7 Å². The summed E-state index contributed by atoms with van der Waals surface area (Å²) in [6.07, 6.45) is 1.68. The van der Waals surface area contributed by atoms with Crippen LogP contribution in [0.4, 0.5) is 0 Å². The summed E-state index contributed by atoms with van der Waals surface area (Å²) >= 11 is 0. The molecule has 1 unspecified atom stereocenters. The van der Waals surface area contributed by atoms with Gasteiger partial charge in [-0.1, -0.05) is 6.92 Å². The van der Waals surface area contributed by atoms with Gasteiger partial charge in [0.1, 0.15) is 5.78 Å². The smallest absolute Gasteiger partial charge is 0.132 e. The van der Waals surface area contributed by atoms with Crippen LogP contribution in [0.5, 0.6) is 0 Å². The summed E-state index contributed by atoms with van der Waals surface area (Å²) in [5.74, 6) is 0.306. The van der Waals surface area contributed by atoms with E-state index in [9.17, 15) is 9.90 Å². The lowest BCUT2D eigenvalue weighted by atomic mass is 10.2. The molecule has 4 heteroatoms. The Balaban J connectivity index is 3.48. The number of carbonyl (C=O) groups excluding carboxylic acids is 1. The third-order valence-electron chi connectivity index (χ3n) is 2.27. The topological polar surface area (TPSA) is 49.8 Å². The maximum absolute atomic E-state index is 11.0. The summed E-state index contributed by atoms with van der Waals surface area (Å²) in [5.41, 5.74) is 0. The number of rotatable bonds is 9. The second-order valence-corrected chi connectivity index (χ2v) is 3.87. The van der Waals surface area contributed by atoms with E-state index in [0.717, 1.165) is 13.0 Å². The van der Waals surface area contributed by atoms with E-state index < -0.39 is 6.10 Å². The van der Waals surface area contributed by atoms with Crippen molar-refractivity contribution in [3.05, 3.63) is 0 Å². The van der Waals surface area contributed by atoms with Crippen molar-refractivity contribution in [2.24, 2.45) is 0 Å². The quantitative estimate of drug-likeness (QED) is 0.617. The van der Waals surface area contributed by atoms with E-state index in [1.165, 1.54) is 0 Å². The first-order chi connectivity index (χ1) is 7.10. The lowest BCUT2D eigenvalue weighted by Gasteiger charge is -2.19. The molecule has 4 nitrogen and oxygen atoms in total. The average molecular weight is 217 g/mol. The van der Waals surface area contributed by atoms with Crippen LogP contribution in [0, 0.1) is 0 Å². The number of hydrogen-bond acceptors (Lipinski definition) is 4. The largest absolute Gasteiger partial charge is 0.389 e. The summed E-state index contributed by atoms with van der Waals surface area (Å²) in [7, 11) is 3.51. The molecular formula is C11H23NO3. The van der Waals surface area contributed by atoms with Crippen LogP contribution in [0.2, 0.25) is 0 Å². The van der Waals surface area contributed by atoms with E-state index in [1.807, 2.05) is 18.9 Å². The van der Waals surface area contributed by atoms with E-state index in [-0.39, 0.29) is 0 Å². The van der Waals surface area contributed by atoms with Crippen molar-refractivity contribution in [1.82, 2.24) is 4.90 Å². The number of aliphatic hydroxyl groups excluding tert-OH is 1. The fourth-order valence-corrected chi connectivity index (χ4v) is 1.42. The van der Waals surface area contributed by atoms with Gasteiger partial charge < -0.3 is 14.7 Å². The number of carbonyl (C=O) groups is 1. The first-order valence-corrected chi connectivity index (χ1v) is 5.47. The van der Waals surface area contributed by atoms with Crippen LogP contribution in [0.1, 0.15) is 26.2 Å². The van der Waals surface area contributed by atoms with Crippen molar-refractivity contribution in [3.8, 4) is 0 Å². The van der Waals surface area contributed by atoms with Gasteiger partial charge in [-0.2, -0.15) is 0 Å². The van der Waals surface area contributed by atoms with Gasteiger partial charge in [-0.15, -0.1) is 0 Å². The molecule has 0 aliphatic carbocycles. The number of methoxy groups -OCH3 is 1. The normalized spacial score (nSPS) is 13.1. The lowest BCUT2D eigenvalue weighted by molar-refractivity contribution is -0.118. The molecule has 1 N–H and O–H groups in total. The summed E-state index contributed by atoms with van der Waals surface area (Å²) < 4.78 is 4.83. The second kappa shape index (κ2) is 8.83. The average Bonchev–Trinajstić information content (AvgIpc) is 2.17. The molecule has 0 aromatic carbocycles. The van der Waals surface area contributed by atoms with Crippen LogP contribution >= 0.6 is 0 Å².